The van der Waals surface area contributed by atoms with Gasteiger partial charge in [-0.05, 0) is 60.7 Å². The molecule has 1 saturated heterocycles. The van der Waals surface area contributed by atoms with Crippen LogP contribution in [0.4, 0.5) is 5.69 Å². The van der Waals surface area contributed by atoms with E-state index in [4.69, 9.17) is 5.11 Å². The van der Waals surface area contributed by atoms with Gasteiger partial charge in [-0.25, -0.2) is 0 Å². The second-order valence-electron chi connectivity index (χ2n) is 8.67. The lowest BCUT2D eigenvalue weighted by molar-refractivity contribution is -0.131. The van der Waals surface area contributed by atoms with Crippen LogP contribution in [0, 0.1) is 6.92 Å². The van der Waals surface area contributed by atoms with Crippen molar-refractivity contribution in [2.45, 2.75) is 25.2 Å². The Kier molecular flexibility index (Phi) is 6.33. The average Bonchev–Trinajstić information content (AvgIpc) is 3.03. The number of hydrogen-bond donors (Lipinski definition) is 2. The molecule has 2 heterocycles. The van der Waals surface area contributed by atoms with Gasteiger partial charge in [0.15, 0.2) is 0 Å². The predicted octanol–water partition coefficient (Wildman–Crippen LogP) is 2.27. The summed E-state index contributed by atoms with van der Waals surface area (Å²) >= 11 is 0. The molecule has 1 spiro atoms. The fraction of sp³-hybridized carbons (Fsp3) is 0.346. The zero-order valence-corrected chi connectivity index (χ0v) is 19.0. The summed E-state index contributed by atoms with van der Waals surface area (Å²) in [5, 5.41) is 11.6. The number of rotatable bonds is 5. The van der Waals surface area contributed by atoms with Crippen molar-refractivity contribution in [3.63, 3.8) is 0 Å². The third kappa shape index (κ3) is 4.16. The van der Waals surface area contributed by atoms with Crippen LogP contribution in [0.2, 0.25) is 0 Å². The molecule has 0 unspecified atom stereocenters. The quantitative estimate of drug-likeness (QED) is 0.688. The van der Waals surface area contributed by atoms with Crippen molar-refractivity contribution in [1.82, 2.24) is 10.2 Å². The molecule has 0 radical (unpaired) electrons. The molecule has 33 heavy (non-hydrogen) atoms. The molecule has 0 aromatic heterocycles. The average molecular weight is 448 g/mol. The first-order valence-electron chi connectivity index (χ1n) is 11.2. The minimum atomic E-state index is -0.728. The number of aliphatic hydroxyl groups excluding tert-OH is 1. The molecular weight excluding hydrogens is 418 g/mol. The third-order valence-electron chi connectivity index (χ3n) is 6.77. The largest absolute Gasteiger partial charge is 0.395 e. The van der Waals surface area contributed by atoms with Crippen molar-refractivity contribution in [3.8, 4) is 0 Å². The molecule has 7 heteroatoms. The minimum absolute atomic E-state index is 0.00738. The van der Waals surface area contributed by atoms with Crippen LogP contribution in [0.1, 0.15) is 39.9 Å². The Morgan fingerprint density at radius 1 is 1.15 bits per heavy atom. The molecule has 2 aliphatic heterocycles. The van der Waals surface area contributed by atoms with Gasteiger partial charge in [0.25, 0.3) is 5.91 Å². The number of piperidine rings is 1. The van der Waals surface area contributed by atoms with Crippen molar-refractivity contribution >= 4 is 29.5 Å². The summed E-state index contributed by atoms with van der Waals surface area (Å²) in [6.45, 7) is 2.98. The van der Waals surface area contributed by atoms with Crippen LogP contribution in [0.15, 0.2) is 48.5 Å². The molecule has 0 aliphatic carbocycles. The van der Waals surface area contributed by atoms with Crippen molar-refractivity contribution in [1.29, 1.82) is 0 Å². The van der Waals surface area contributed by atoms with Gasteiger partial charge < -0.3 is 20.2 Å². The summed E-state index contributed by atoms with van der Waals surface area (Å²) in [4.78, 5) is 41.9. The Labute approximate surface area is 193 Å². The highest BCUT2D eigenvalue weighted by atomic mass is 16.3. The first kappa shape index (κ1) is 22.7. The van der Waals surface area contributed by atoms with E-state index in [2.05, 4.69) is 5.32 Å². The van der Waals surface area contributed by atoms with Gasteiger partial charge >= 0.3 is 0 Å². The second-order valence-corrected chi connectivity index (χ2v) is 8.67. The predicted molar refractivity (Wildman–Crippen MR) is 127 cm³/mol. The van der Waals surface area contributed by atoms with Crippen LogP contribution < -0.4 is 10.2 Å². The molecule has 0 saturated carbocycles. The molecule has 0 atom stereocenters. The van der Waals surface area contributed by atoms with Crippen LogP contribution in [0.3, 0.4) is 0 Å². The van der Waals surface area contributed by atoms with Crippen LogP contribution in [-0.2, 0) is 15.0 Å². The molecule has 1 fully saturated rings. The van der Waals surface area contributed by atoms with Gasteiger partial charge in [0.2, 0.25) is 11.8 Å². The number of aliphatic hydroxyl groups is 1. The van der Waals surface area contributed by atoms with Crippen molar-refractivity contribution in [2.24, 2.45) is 0 Å². The van der Waals surface area contributed by atoms with Gasteiger partial charge in [0, 0.05) is 44.0 Å². The van der Waals surface area contributed by atoms with Crippen molar-refractivity contribution in [2.75, 3.05) is 38.2 Å². The number of aryl methyl sites for hydroxylation is 1. The third-order valence-corrected chi connectivity index (χ3v) is 6.77. The number of likely N-dealkylation sites (N-methyl/N-ethyl adjacent to an activating group) is 1. The SMILES string of the molecule is Cc1ccccc1/C=C/C(=O)N1CCC2(CC1)C(=O)N(C)c1ccc(C(=O)NCCO)cc12. The lowest BCUT2D eigenvalue weighted by atomic mass is 9.73. The maximum absolute atomic E-state index is 13.3. The zero-order valence-electron chi connectivity index (χ0n) is 19.0. The first-order valence-corrected chi connectivity index (χ1v) is 11.2. The van der Waals surface area contributed by atoms with Gasteiger partial charge in [-0.2, -0.15) is 0 Å². The van der Waals surface area contributed by atoms with Crippen LogP contribution in [-0.4, -0.2) is 61.0 Å². The molecule has 2 N–H and O–H groups in total. The van der Waals surface area contributed by atoms with Crippen LogP contribution in [0.25, 0.3) is 6.08 Å². The number of anilines is 1. The van der Waals surface area contributed by atoms with E-state index in [0.717, 1.165) is 22.4 Å². The van der Waals surface area contributed by atoms with E-state index in [9.17, 15) is 14.4 Å². The van der Waals surface area contributed by atoms with Gasteiger partial charge in [0.05, 0.1) is 12.0 Å². The maximum atomic E-state index is 13.3. The van der Waals surface area contributed by atoms with Crippen molar-refractivity contribution in [3.05, 3.63) is 70.8 Å². The smallest absolute Gasteiger partial charge is 0.251 e. The van der Waals surface area contributed by atoms with E-state index in [1.807, 2.05) is 37.3 Å². The molecule has 2 aromatic carbocycles. The first-order chi connectivity index (χ1) is 15.9. The van der Waals surface area contributed by atoms with Gasteiger partial charge in [-0.1, -0.05) is 24.3 Å². The summed E-state index contributed by atoms with van der Waals surface area (Å²) in [5.41, 5.74) is 3.49. The number of benzene rings is 2. The number of nitrogens with zero attached hydrogens (tertiary/aromatic N) is 2. The molecule has 7 nitrogen and oxygen atoms in total. The molecule has 3 amide bonds. The van der Waals surface area contributed by atoms with Gasteiger partial charge in [-0.15, -0.1) is 0 Å². The zero-order chi connectivity index (χ0) is 23.6. The Hall–Kier alpha value is -3.45. The number of carbonyl (C=O) groups excluding carboxylic acids is 3. The lowest BCUT2D eigenvalue weighted by Crippen LogP contribution is -2.49. The Balaban J connectivity index is 1.52. The summed E-state index contributed by atoms with van der Waals surface area (Å²) < 4.78 is 0. The Morgan fingerprint density at radius 2 is 1.88 bits per heavy atom. The van der Waals surface area contributed by atoms with E-state index < -0.39 is 5.41 Å². The standard InChI is InChI=1S/C26H29N3O4/c1-18-5-3-4-6-19(18)8-10-23(31)29-14-11-26(12-15-29)21-17-20(24(32)27-13-16-30)7-9-22(21)28(2)25(26)33/h3-10,17,30H,11-16H2,1-2H3,(H,27,32)/b10-8+. The monoisotopic (exact) mass is 447 g/mol. The van der Waals surface area contributed by atoms with E-state index in [1.165, 1.54) is 0 Å². The lowest BCUT2D eigenvalue weighted by Gasteiger charge is -2.38. The summed E-state index contributed by atoms with van der Waals surface area (Å²) in [7, 11) is 1.75. The molecule has 0 bridgehead atoms. The number of likely N-dealkylation sites (tertiary alicyclic amines) is 1. The minimum Gasteiger partial charge on any atom is -0.395 e. The normalized spacial score (nSPS) is 17.0. The number of fused-ring (bicyclic) bond motifs is 2. The summed E-state index contributed by atoms with van der Waals surface area (Å²) in [6, 6.07) is 13.2. The maximum Gasteiger partial charge on any atom is 0.251 e. The van der Waals surface area contributed by atoms with Gasteiger partial charge in [-0.3, -0.25) is 14.4 Å². The Morgan fingerprint density at radius 3 is 2.58 bits per heavy atom. The molecule has 172 valence electrons. The van der Waals surface area contributed by atoms with E-state index >= 15 is 0 Å². The second kappa shape index (κ2) is 9.19. The van der Waals surface area contributed by atoms with Gasteiger partial charge in [0.1, 0.15) is 0 Å². The van der Waals surface area contributed by atoms with Crippen molar-refractivity contribution < 1.29 is 19.5 Å². The van der Waals surface area contributed by atoms with Crippen LogP contribution >= 0.6 is 0 Å². The van der Waals surface area contributed by atoms with Crippen LogP contribution in [0.5, 0.6) is 0 Å². The summed E-state index contributed by atoms with van der Waals surface area (Å²) in [6.07, 6.45) is 4.45. The topological polar surface area (TPSA) is 90.0 Å². The highest BCUT2D eigenvalue weighted by molar-refractivity contribution is 6.09. The number of carbonyl (C=O) groups is 3. The number of hydrogen-bond acceptors (Lipinski definition) is 4. The molecular formula is C26H29N3O4. The molecule has 2 aliphatic rings. The highest BCUT2D eigenvalue weighted by Crippen LogP contribution is 2.47. The number of amides is 3. The Bertz CT molecular complexity index is 1120. The molecule has 4 rings (SSSR count). The fourth-order valence-corrected chi connectivity index (χ4v) is 4.80. The highest BCUT2D eigenvalue weighted by Gasteiger charge is 2.51. The van der Waals surface area contributed by atoms with E-state index in [0.29, 0.717) is 31.5 Å². The molecule has 2 aromatic rings. The summed E-state index contributed by atoms with van der Waals surface area (Å²) in [5.74, 6) is -0.338. The fourth-order valence-electron chi connectivity index (χ4n) is 4.80. The van der Waals surface area contributed by atoms with E-state index in [1.54, 1.807) is 41.1 Å². The number of nitrogens with one attached hydrogen (secondary N) is 1. The van der Waals surface area contributed by atoms with E-state index in [-0.39, 0.29) is 30.9 Å².